The summed E-state index contributed by atoms with van der Waals surface area (Å²) in [6.07, 6.45) is 4.31. The molecule has 0 saturated heterocycles. The van der Waals surface area contributed by atoms with E-state index in [1.54, 1.807) is 0 Å². The molecule has 0 bridgehead atoms. The molecule has 108 valence electrons. The van der Waals surface area contributed by atoms with Gasteiger partial charge in [-0.25, -0.2) is 4.68 Å². The monoisotopic (exact) mass is 271 g/mol. The molecular weight excluding hydrogens is 246 g/mol. The molecule has 0 radical (unpaired) electrons. The molecular formula is C17H25N3. The summed E-state index contributed by atoms with van der Waals surface area (Å²) >= 11 is 0. The highest BCUT2D eigenvalue weighted by molar-refractivity contribution is 5.30. The first-order valence-corrected chi connectivity index (χ1v) is 7.28. The van der Waals surface area contributed by atoms with Gasteiger partial charge in [-0.15, -0.1) is 0 Å². The van der Waals surface area contributed by atoms with Crippen molar-refractivity contribution < 1.29 is 0 Å². The first-order chi connectivity index (χ1) is 9.49. The van der Waals surface area contributed by atoms with Crippen LogP contribution in [0, 0.1) is 5.41 Å². The SMILES string of the molecule is CNC(CCC(C)(C)C)c1ccn(-c2ccccc2)n1. The summed E-state index contributed by atoms with van der Waals surface area (Å²) in [4.78, 5) is 0. The van der Waals surface area contributed by atoms with Crippen molar-refractivity contribution in [1.82, 2.24) is 15.1 Å². The molecule has 1 aromatic heterocycles. The van der Waals surface area contributed by atoms with Crippen LogP contribution in [-0.2, 0) is 0 Å². The molecule has 1 heterocycles. The van der Waals surface area contributed by atoms with E-state index in [0.29, 0.717) is 11.5 Å². The van der Waals surface area contributed by atoms with Gasteiger partial charge in [0.2, 0.25) is 0 Å². The molecule has 20 heavy (non-hydrogen) atoms. The zero-order valence-electron chi connectivity index (χ0n) is 12.9. The fourth-order valence-corrected chi connectivity index (χ4v) is 2.27. The standard InChI is InChI=1S/C17H25N3/c1-17(2,3)12-10-15(18-4)16-11-13-20(19-16)14-8-6-5-7-9-14/h5-9,11,13,15,18H,10,12H2,1-4H3. The molecule has 1 unspecified atom stereocenters. The molecule has 1 atom stereocenters. The molecule has 1 aromatic carbocycles. The number of benzene rings is 1. The summed E-state index contributed by atoms with van der Waals surface area (Å²) in [6, 6.07) is 12.7. The predicted molar refractivity (Wildman–Crippen MR) is 84.1 cm³/mol. The molecule has 0 fully saturated rings. The molecule has 0 amide bonds. The maximum absolute atomic E-state index is 4.71. The average molecular weight is 271 g/mol. The van der Waals surface area contributed by atoms with Crippen molar-refractivity contribution in [2.45, 2.75) is 39.7 Å². The van der Waals surface area contributed by atoms with Crippen molar-refractivity contribution >= 4 is 0 Å². The van der Waals surface area contributed by atoms with Gasteiger partial charge in [0.05, 0.1) is 17.4 Å². The normalized spacial score (nSPS) is 13.4. The minimum atomic E-state index is 0.319. The maximum atomic E-state index is 4.71. The number of aromatic nitrogens is 2. The van der Waals surface area contributed by atoms with Gasteiger partial charge in [0.1, 0.15) is 0 Å². The highest BCUT2D eigenvalue weighted by atomic mass is 15.3. The van der Waals surface area contributed by atoms with E-state index in [4.69, 9.17) is 5.10 Å². The quantitative estimate of drug-likeness (QED) is 0.892. The Kier molecular flexibility index (Phi) is 4.61. The molecule has 3 heteroatoms. The van der Waals surface area contributed by atoms with Gasteiger partial charge >= 0.3 is 0 Å². The Morgan fingerprint density at radius 1 is 1.15 bits per heavy atom. The second-order valence-electron chi connectivity index (χ2n) is 6.46. The Labute approximate surface area is 122 Å². The number of para-hydroxylation sites is 1. The lowest BCUT2D eigenvalue weighted by atomic mass is 9.88. The zero-order chi connectivity index (χ0) is 14.6. The van der Waals surface area contributed by atoms with Gasteiger partial charge in [-0.3, -0.25) is 0 Å². The number of nitrogens with one attached hydrogen (secondary N) is 1. The van der Waals surface area contributed by atoms with Crippen LogP contribution in [0.1, 0.15) is 45.3 Å². The largest absolute Gasteiger partial charge is 0.312 e. The van der Waals surface area contributed by atoms with Gasteiger partial charge in [-0.05, 0) is 43.5 Å². The van der Waals surface area contributed by atoms with Crippen LogP contribution in [0.25, 0.3) is 5.69 Å². The van der Waals surface area contributed by atoms with Gasteiger partial charge in [-0.2, -0.15) is 5.10 Å². The lowest BCUT2D eigenvalue weighted by Gasteiger charge is -2.21. The lowest BCUT2D eigenvalue weighted by Crippen LogP contribution is -2.19. The Bertz CT molecular complexity index is 523. The average Bonchev–Trinajstić information content (AvgIpc) is 2.89. The predicted octanol–water partition coefficient (Wildman–Crippen LogP) is 3.96. The Morgan fingerprint density at radius 3 is 2.45 bits per heavy atom. The topological polar surface area (TPSA) is 29.9 Å². The van der Waals surface area contributed by atoms with Gasteiger partial charge in [0.15, 0.2) is 0 Å². The van der Waals surface area contributed by atoms with Crippen LogP contribution in [0.4, 0.5) is 0 Å². The van der Waals surface area contributed by atoms with E-state index in [9.17, 15) is 0 Å². The zero-order valence-corrected chi connectivity index (χ0v) is 12.9. The molecule has 1 N–H and O–H groups in total. The third kappa shape index (κ3) is 3.94. The summed E-state index contributed by atoms with van der Waals surface area (Å²) < 4.78 is 1.94. The summed E-state index contributed by atoms with van der Waals surface area (Å²) in [6.45, 7) is 6.84. The molecule has 0 aliphatic heterocycles. The fourth-order valence-electron chi connectivity index (χ4n) is 2.27. The highest BCUT2D eigenvalue weighted by Gasteiger charge is 2.17. The minimum absolute atomic E-state index is 0.319. The van der Waals surface area contributed by atoms with E-state index >= 15 is 0 Å². The molecule has 0 saturated carbocycles. The summed E-state index contributed by atoms with van der Waals surface area (Å²) in [7, 11) is 2.01. The van der Waals surface area contributed by atoms with Crippen LogP contribution in [0.5, 0.6) is 0 Å². The molecule has 0 aliphatic carbocycles. The molecule has 2 rings (SSSR count). The molecule has 3 nitrogen and oxygen atoms in total. The number of rotatable bonds is 5. The minimum Gasteiger partial charge on any atom is -0.312 e. The van der Waals surface area contributed by atoms with Crippen LogP contribution in [0.3, 0.4) is 0 Å². The van der Waals surface area contributed by atoms with Crippen molar-refractivity contribution in [2.24, 2.45) is 5.41 Å². The lowest BCUT2D eigenvalue weighted by molar-refractivity contribution is 0.335. The van der Waals surface area contributed by atoms with Gasteiger partial charge in [-0.1, -0.05) is 39.0 Å². The van der Waals surface area contributed by atoms with Crippen molar-refractivity contribution in [3.8, 4) is 5.69 Å². The Hall–Kier alpha value is -1.61. The number of hydrogen-bond acceptors (Lipinski definition) is 2. The van der Waals surface area contributed by atoms with Crippen molar-refractivity contribution in [3.63, 3.8) is 0 Å². The van der Waals surface area contributed by atoms with E-state index < -0.39 is 0 Å². The van der Waals surface area contributed by atoms with Crippen molar-refractivity contribution in [1.29, 1.82) is 0 Å². The maximum Gasteiger partial charge on any atom is 0.0798 e. The molecule has 0 spiro atoms. The second-order valence-corrected chi connectivity index (χ2v) is 6.46. The van der Waals surface area contributed by atoms with Crippen LogP contribution in [0.15, 0.2) is 42.6 Å². The molecule has 2 aromatic rings. The summed E-state index contributed by atoms with van der Waals surface area (Å²) in [5.41, 5.74) is 2.57. The fraction of sp³-hybridized carbons (Fsp3) is 0.471. The van der Waals surface area contributed by atoms with E-state index in [1.807, 2.05) is 36.1 Å². The van der Waals surface area contributed by atoms with Crippen LogP contribution < -0.4 is 5.32 Å². The van der Waals surface area contributed by atoms with Crippen LogP contribution in [-0.4, -0.2) is 16.8 Å². The van der Waals surface area contributed by atoms with E-state index in [2.05, 4.69) is 44.3 Å². The van der Waals surface area contributed by atoms with Crippen molar-refractivity contribution in [2.75, 3.05) is 7.05 Å². The van der Waals surface area contributed by atoms with Crippen LogP contribution in [0.2, 0.25) is 0 Å². The van der Waals surface area contributed by atoms with E-state index in [1.165, 1.54) is 6.42 Å². The van der Waals surface area contributed by atoms with Gasteiger partial charge < -0.3 is 5.32 Å². The first-order valence-electron chi connectivity index (χ1n) is 7.28. The number of hydrogen-bond donors (Lipinski definition) is 1. The van der Waals surface area contributed by atoms with E-state index in [0.717, 1.165) is 17.8 Å². The van der Waals surface area contributed by atoms with Crippen molar-refractivity contribution in [3.05, 3.63) is 48.3 Å². The number of nitrogens with zero attached hydrogens (tertiary/aromatic N) is 2. The van der Waals surface area contributed by atoms with Gasteiger partial charge in [0, 0.05) is 6.20 Å². The Morgan fingerprint density at radius 2 is 1.85 bits per heavy atom. The summed E-state index contributed by atoms with van der Waals surface area (Å²) in [5.74, 6) is 0. The third-order valence-corrected chi connectivity index (χ3v) is 3.52. The first kappa shape index (κ1) is 14.8. The third-order valence-electron chi connectivity index (χ3n) is 3.52. The highest BCUT2D eigenvalue weighted by Crippen LogP contribution is 2.26. The Balaban J connectivity index is 2.10. The van der Waals surface area contributed by atoms with E-state index in [-0.39, 0.29) is 0 Å². The second kappa shape index (κ2) is 6.23. The summed E-state index contributed by atoms with van der Waals surface area (Å²) in [5, 5.41) is 8.09. The smallest absolute Gasteiger partial charge is 0.0798 e. The van der Waals surface area contributed by atoms with Crippen LogP contribution >= 0.6 is 0 Å². The van der Waals surface area contributed by atoms with Gasteiger partial charge in [0.25, 0.3) is 0 Å². The molecule has 0 aliphatic rings.